The summed E-state index contributed by atoms with van der Waals surface area (Å²) in [5.74, 6) is -0.893. The third kappa shape index (κ3) is 2.44. The smallest absolute Gasteiger partial charge is 0.335 e. The molecular formula is C12H12BrNO2. The van der Waals surface area contributed by atoms with E-state index in [0.717, 1.165) is 29.7 Å². The maximum Gasteiger partial charge on any atom is 0.335 e. The Morgan fingerprint density at radius 1 is 1.31 bits per heavy atom. The molecule has 1 aromatic carbocycles. The average Bonchev–Trinajstić information content (AvgIpc) is 2.29. The summed E-state index contributed by atoms with van der Waals surface area (Å²) in [5, 5.41) is 8.98. The van der Waals surface area contributed by atoms with Gasteiger partial charge in [-0.05, 0) is 24.6 Å². The SMILES string of the molecule is O=C(O)c1cc(Br)cc(N2CC=CCC2)c1. The highest BCUT2D eigenvalue weighted by Gasteiger charge is 2.11. The molecule has 1 heterocycles. The molecule has 0 unspecified atom stereocenters. The quantitative estimate of drug-likeness (QED) is 0.848. The lowest BCUT2D eigenvalue weighted by molar-refractivity contribution is 0.0697. The second-order valence-corrected chi connectivity index (χ2v) is 4.63. The molecule has 0 fully saturated rings. The van der Waals surface area contributed by atoms with Crippen molar-refractivity contribution in [3.63, 3.8) is 0 Å². The number of anilines is 1. The van der Waals surface area contributed by atoms with Crippen molar-refractivity contribution in [2.24, 2.45) is 0 Å². The molecule has 1 N–H and O–H groups in total. The maximum absolute atomic E-state index is 10.9. The van der Waals surface area contributed by atoms with E-state index in [4.69, 9.17) is 5.11 Å². The molecule has 1 aliphatic rings. The van der Waals surface area contributed by atoms with Crippen LogP contribution in [0.2, 0.25) is 0 Å². The fourth-order valence-corrected chi connectivity index (χ4v) is 2.24. The van der Waals surface area contributed by atoms with Crippen molar-refractivity contribution in [2.75, 3.05) is 18.0 Å². The molecule has 0 spiro atoms. The van der Waals surface area contributed by atoms with E-state index in [2.05, 4.69) is 33.0 Å². The van der Waals surface area contributed by atoms with Crippen molar-refractivity contribution in [3.05, 3.63) is 40.4 Å². The summed E-state index contributed by atoms with van der Waals surface area (Å²) in [7, 11) is 0. The second-order valence-electron chi connectivity index (χ2n) is 3.71. The zero-order valence-corrected chi connectivity index (χ0v) is 10.3. The van der Waals surface area contributed by atoms with E-state index in [9.17, 15) is 4.79 Å². The fourth-order valence-electron chi connectivity index (χ4n) is 1.76. The summed E-state index contributed by atoms with van der Waals surface area (Å²) in [5.41, 5.74) is 1.27. The van der Waals surface area contributed by atoms with Gasteiger partial charge >= 0.3 is 5.97 Å². The molecule has 0 saturated carbocycles. The van der Waals surface area contributed by atoms with Gasteiger partial charge in [0.1, 0.15) is 0 Å². The van der Waals surface area contributed by atoms with Crippen LogP contribution in [0.5, 0.6) is 0 Å². The maximum atomic E-state index is 10.9. The number of aromatic carboxylic acids is 1. The molecule has 0 radical (unpaired) electrons. The van der Waals surface area contributed by atoms with Gasteiger partial charge in [0.15, 0.2) is 0 Å². The minimum atomic E-state index is -0.893. The molecule has 1 aromatic rings. The lowest BCUT2D eigenvalue weighted by Crippen LogP contribution is -2.26. The molecule has 0 aliphatic carbocycles. The zero-order chi connectivity index (χ0) is 11.5. The standard InChI is InChI=1S/C12H12BrNO2/c13-10-6-9(12(15)16)7-11(8-10)14-4-2-1-3-5-14/h1-2,6-8H,3-5H2,(H,15,16). The highest BCUT2D eigenvalue weighted by molar-refractivity contribution is 9.10. The van der Waals surface area contributed by atoms with Crippen LogP contribution >= 0.6 is 15.9 Å². The van der Waals surface area contributed by atoms with Gasteiger partial charge in [0.25, 0.3) is 0 Å². The summed E-state index contributed by atoms with van der Waals surface area (Å²) in [4.78, 5) is 13.1. The molecular weight excluding hydrogens is 270 g/mol. The van der Waals surface area contributed by atoms with Gasteiger partial charge in [0, 0.05) is 23.2 Å². The van der Waals surface area contributed by atoms with Crippen LogP contribution in [0.1, 0.15) is 16.8 Å². The van der Waals surface area contributed by atoms with Crippen LogP contribution in [-0.2, 0) is 0 Å². The third-order valence-corrected chi connectivity index (χ3v) is 3.01. The van der Waals surface area contributed by atoms with Crippen molar-refractivity contribution in [1.29, 1.82) is 0 Å². The Kier molecular flexibility index (Phi) is 3.29. The fraction of sp³-hybridized carbons (Fsp3) is 0.250. The highest BCUT2D eigenvalue weighted by atomic mass is 79.9. The van der Waals surface area contributed by atoms with E-state index in [0.29, 0.717) is 5.56 Å². The number of carboxylic acid groups (broad SMARTS) is 1. The summed E-state index contributed by atoms with van der Waals surface area (Å²) >= 11 is 3.34. The first kappa shape index (κ1) is 11.2. The van der Waals surface area contributed by atoms with E-state index in [-0.39, 0.29) is 0 Å². The summed E-state index contributed by atoms with van der Waals surface area (Å²) in [6.07, 6.45) is 5.26. The summed E-state index contributed by atoms with van der Waals surface area (Å²) in [6, 6.07) is 5.28. The Bertz CT molecular complexity index is 443. The topological polar surface area (TPSA) is 40.5 Å². The molecule has 0 saturated heterocycles. The first-order chi connectivity index (χ1) is 7.66. The van der Waals surface area contributed by atoms with Crippen molar-refractivity contribution in [3.8, 4) is 0 Å². The van der Waals surface area contributed by atoms with Gasteiger partial charge in [-0.1, -0.05) is 28.1 Å². The number of hydrogen-bond acceptors (Lipinski definition) is 2. The van der Waals surface area contributed by atoms with E-state index in [1.165, 1.54) is 0 Å². The Morgan fingerprint density at radius 3 is 2.75 bits per heavy atom. The van der Waals surface area contributed by atoms with E-state index in [1.807, 2.05) is 6.07 Å². The molecule has 0 amide bonds. The van der Waals surface area contributed by atoms with Crippen LogP contribution < -0.4 is 4.90 Å². The lowest BCUT2D eigenvalue weighted by atomic mass is 10.1. The minimum absolute atomic E-state index is 0.318. The average molecular weight is 282 g/mol. The molecule has 0 aromatic heterocycles. The first-order valence-electron chi connectivity index (χ1n) is 5.10. The number of benzene rings is 1. The second kappa shape index (κ2) is 4.70. The summed E-state index contributed by atoms with van der Waals surface area (Å²) in [6.45, 7) is 1.78. The number of rotatable bonds is 2. The first-order valence-corrected chi connectivity index (χ1v) is 5.90. The van der Waals surface area contributed by atoms with Gasteiger partial charge in [-0.2, -0.15) is 0 Å². The van der Waals surface area contributed by atoms with Crippen LogP contribution in [0.3, 0.4) is 0 Å². The number of nitrogens with zero attached hydrogens (tertiary/aromatic N) is 1. The van der Waals surface area contributed by atoms with Crippen molar-refractivity contribution >= 4 is 27.6 Å². The van der Waals surface area contributed by atoms with Crippen molar-refractivity contribution in [2.45, 2.75) is 6.42 Å². The Hall–Kier alpha value is -1.29. The molecule has 1 aliphatic heterocycles. The van der Waals surface area contributed by atoms with E-state index < -0.39 is 5.97 Å². The van der Waals surface area contributed by atoms with Gasteiger partial charge in [-0.3, -0.25) is 0 Å². The summed E-state index contributed by atoms with van der Waals surface area (Å²) < 4.78 is 0.803. The van der Waals surface area contributed by atoms with Crippen LogP contribution in [0.4, 0.5) is 5.69 Å². The molecule has 0 atom stereocenters. The van der Waals surface area contributed by atoms with E-state index in [1.54, 1.807) is 12.1 Å². The Labute approximate surface area is 103 Å². The van der Waals surface area contributed by atoms with Crippen LogP contribution in [0, 0.1) is 0 Å². The van der Waals surface area contributed by atoms with Crippen molar-refractivity contribution in [1.82, 2.24) is 0 Å². The Balaban J connectivity index is 2.33. The molecule has 3 nitrogen and oxygen atoms in total. The predicted octanol–water partition coefficient (Wildman–Crippen LogP) is 2.91. The molecule has 16 heavy (non-hydrogen) atoms. The Morgan fingerprint density at radius 2 is 2.12 bits per heavy atom. The van der Waals surface area contributed by atoms with Crippen molar-refractivity contribution < 1.29 is 9.90 Å². The number of hydrogen-bond donors (Lipinski definition) is 1. The predicted molar refractivity (Wildman–Crippen MR) is 67.1 cm³/mol. The molecule has 2 rings (SSSR count). The largest absolute Gasteiger partial charge is 0.478 e. The third-order valence-electron chi connectivity index (χ3n) is 2.55. The number of carboxylic acids is 1. The van der Waals surface area contributed by atoms with Gasteiger partial charge in [-0.25, -0.2) is 4.79 Å². The molecule has 84 valence electrons. The molecule has 4 heteroatoms. The number of halogens is 1. The zero-order valence-electron chi connectivity index (χ0n) is 8.69. The van der Waals surface area contributed by atoms with Gasteiger partial charge in [0.2, 0.25) is 0 Å². The van der Waals surface area contributed by atoms with Gasteiger partial charge in [-0.15, -0.1) is 0 Å². The molecule has 0 bridgehead atoms. The monoisotopic (exact) mass is 281 g/mol. The number of carbonyl (C=O) groups is 1. The van der Waals surface area contributed by atoms with Gasteiger partial charge in [0.05, 0.1) is 5.56 Å². The van der Waals surface area contributed by atoms with Crippen LogP contribution in [0.15, 0.2) is 34.8 Å². The van der Waals surface area contributed by atoms with E-state index >= 15 is 0 Å². The minimum Gasteiger partial charge on any atom is -0.478 e. The van der Waals surface area contributed by atoms with Gasteiger partial charge < -0.3 is 10.0 Å². The normalized spacial score (nSPS) is 15.2. The highest BCUT2D eigenvalue weighted by Crippen LogP contribution is 2.24. The van der Waals surface area contributed by atoms with Crippen LogP contribution in [-0.4, -0.2) is 24.2 Å². The van der Waals surface area contributed by atoms with Crippen LogP contribution in [0.25, 0.3) is 0 Å². The lowest BCUT2D eigenvalue weighted by Gasteiger charge is -2.26.